The van der Waals surface area contributed by atoms with E-state index in [4.69, 9.17) is 0 Å². The van der Waals surface area contributed by atoms with Gasteiger partial charge in [-0.05, 0) is 32.4 Å². The van der Waals surface area contributed by atoms with Crippen molar-refractivity contribution in [2.45, 2.75) is 32.2 Å². The second kappa shape index (κ2) is 3.69. The normalized spacial score (nSPS) is 20.4. The van der Waals surface area contributed by atoms with Gasteiger partial charge in [0.25, 0.3) is 0 Å². The molecule has 0 unspecified atom stereocenters. The Morgan fingerprint density at radius 3 is 2.53 bits per heavy atom. The van der Waals surface area contributed by atoms with Crippen LogP contribution in [0.15, 0.2) is 30.3 Å². The van der Waals surface area contributed by atoms with E-state index in [1.54, 1.807) is 0 Å². The van der Waals surface area contributed by atoms with E-state index in [0.717, 1.165) is 18.5 Å². The van der Waals surface area contributed by atoms with Gasteiger partial charge in [-0.1, -0.05) is 18.2 Å². The predicted molar refractivity (Wildman–Crippen MR) is 62.1 cm³/mol. The zero-order valence-electron chi connectivity index (χ0n) is 9.36. The van der Waals surface area contributed by atoms with Crippen LogP contribution in [0, 0.1) is 0 Å². The molecule has 0 N–H and O–H groups in total. The molecule has 0 saturated carbocycles. The summed E-state index contributed by atoms with van der Waals surface area (Å²) in [4.78, 5) is 13.7. The van der Waals surface area contributed by atoms with Crippen molar-refractivity contribution < 1.29 is 4.79 Å². The van der Waals surface area contributed by atoms with Gasteiger partial charge in [0.1, 0.15) is 0 Å². The third kappa shape index (κ3) is 2.04. The lowest BCUT2D eigenvalue weighted by Gasteiger charge is -2.43. The van der Waals surface area contributed by atoms with Crippen LogP contribution in [0.2, 0.25) is 0 Å². The molecule has 1 saturated heterocycles. The van der Waals surface area contributed by atoms with Gasteiger partial charge in [-0.3, -0.25) is 4.79 Å². The van der Waals surface area contributed by atoms with Crippen molar-refractivity contribution in [2.75, 3.05) is 11.4 Å². The van der Waals surface area contributed by atoms with Gasteiger partial charge in [-0.25, -0.2) is 0 Å². The Kier molecular flexibility index (Phi) is 2.51. The van der Waals surface area contributed by atoms with Crippen LogP contribution in [0.1, 0.15) is 26.7 Å². The van der Waals surface area contributed by atoms with Gasteiger partial charge < -0.3 is 4.90 Å². The molecular formula is C13H17NO. The Morgan fingerprint density at radius 2 is 1.87 bits per heavy atom. The van der Waals surface area contributed by atoms with Crippen molar-refractivity contribution >= 4 is 11.5 Å². The van der Waals surface area contributed by atoms with Crippen LogP contribution in [0.25, 0.3) is 0 Å². The maximum atomic E-state index is 11.5. The first kappa shape index (κ1) is 10.2. The predicted octanol–water partition coefficient (Wildman–Crippen LogP) is 2.63. The monoisotopic (exact) mass is 203 g/mol. The fraction of sp³-hybridized carbons (Fsp3) is 0.462. The van der Waals surface area contributed by atoms with Gasteiger partial charge in [0.2, 0.25) is 0 Å². The fourth-order valence-corrected chi connectivity index (χ4v) is 2.10. The number of anilines is 1. The number of para-hydroxylation sites is 1. The number of nitrogens with zero attached hydrogens (tertiary/aromatic N) is 1. The second-order valence-electron chi connectivity index (χ2n) is 4.77. The highest BCUT2D eigenvalue weighted by molar-refractivity contribution is 5.85. The molecule has 80 valence electrons. The maximum absolute atomic E-state index is 11.5. The van der Waals surface area contributed by atoms with Crippen LogP contribution >= 0.6 is 0 Å². The van der Waals surface area contributed by atoms with Gasteiger partial charge in [-0.2, -0.15) is 0 Å². The summed E-state index contributed by atoms with van der Waals surface area (Å²) in [5, 5.41) is 0. The molecule has 0 atom stereocenters. The molecular weight excluding hydrogens is 186 g/mol. The summed E-state index contributed by atoms with van der Waals surface area (Å²) in [6.07, 6.45) is 1.66. The van der Waals surface area contributed by atoms with E-state index in [-0.39, 0.29) is 5.54 Å². The first-order valence-corrected chi connectivity index (χ1v) is 5.44. The summed E-state index contributed by atoms with van der Waals surface area (Å²) >= 11 is 0. The van der Waals surface area contributed by atoms with Gasteiger partial charge in [0.15, 0.2) is 5.78 Å². The largest absolute Gasteiger partial charge is 0.359 e. The van der Waals surface area contributed by atoms with E-state index < -0.39 is 0 Å². The second-order valence-corrected chi connectivity index (χ2v) is 4.77. The molecule has 2 rings (SSSR count). The number of ketones is 1. The maximum Gasteiger partial charge on any atom is 0.152 e. The van der Waals surface area contributed by atoms with Gasteiger partial charge in [-0.15, -0.1) is 0 Å². The van der Waals surface area contributed by atoms with Crippen LogP contribution in [0.4, 0.5) is 5.69 Å². The minimum atomic E-state index is 0.0925. The van der Waals surface area contributed by atoms with E-state index in [0.29, 0.717) is 12.3 Å². The van der Waals surface area contributed by atoms with Crippen LogP contribution < -0.4 is 4.90 Å². The SMILES string of the molecule is CC1(C)CCC(=O)CN1c1ccccc1. The molecule has 1 aliphatic heterocycles. The Morgan fingerprint density at radius 1 is 1.20 bits per heavy atom. The fourth-order valence-electron chi connectivity index (χ4n) is 2.10. The zero-order chi connectivity index (χ0) is 10.9. The Bertz CT molecular complexity index is 356. The third-order valence-electron chi connectivity index (χ3n) is 3.15. The average Bonchev–Trinajstić information content (AvgIpc) is 2.23. The van der Waals surface area contributed by atoms with E-state index >= 15 is 0 Å². The van der Waals surface area contributed by atoms with E-state index in [1.165, 1.54) is 0 Å². The van der Waals surface area contributed by atoms with Crippen LogP contribution in [-0.2, 0) is 4.79 Å². The van der Waals surface area contributed by atoms with Crippen molar-refractivity contribution in [1.29, 1.82) is 0 Å². The smallest absolute Gasteiger partial charge is 0.152 e. The lowest BCUT2D eigenvalue weighted by atomic mass is 9.89. The van der Waals surface area contributed by atoms with Crippen molar-refractivity contribution in [3.05, 3.63) is 30.3 Å². The topological polar surface area (TPSA) is 20.3 Å². The van der Waals surface area contributed by atoms with Crippen molar-refractivity contribution in [1.82, 2.24) is 0 Å². The molecule has 0 aromatic heterocycles. The van der Waals surface area contributed by atoms with Crippen molar-refractivity contribution in [3.63, 3.8) is 0 Å². The molecule has 1 heterocycles. The lowest BCUT2D eigenvalue weighted by molar-refractivity contribution is -0.119. The molecule has 0 spiro atoms. The Hall–Kier alpha value is -1.31. The highest BCUT2D eigenvalue weighted by Crippen LogP contribution is 2.30. The van der Waals surface area contributed by atoms with E-state index in [2.05, 4.69) is 30.9 Å². The number of carbonyl (C=O) groups is 1. The van der Waals surface area contributed by atoms with Gasteiger partial charge in [0, 0.05) is 17.6 Å². The Labute approximate surface area is 90.9 Å². The molecule has 0 aliphatic carbocycles. The quantitative estimate of drug-likeness (QED) is 0.699. The number of piperidine rings is 1. The third-order valence-corrected chi connectivity index (χ3v) is 3.15. The summed E-state index contributed by atoms with van der Waals surface area (Å²) in [6, 6.07) is 10.2. The van der Waals surface area contributed by atoms with Crippen molar-refractivity contribution in [3.8, 4) is 0 Å². The number of rotatable bonds is 1. The first-order valence-electron chi connectivity index (χ1n) is 5.44. The van der Waals surface area contributed by atoms with E-state index in [9.17, 15) is 4.79 Å². The molecule has 1 aromatic rings. The number of benzene rings is 1. The van der Waals surface area contributed by atoms with Crippen LogP contribution in [-0.4, -0.2) is 17.9 Å². The minimum absolute atomic E-state index is 0.0925. The van der Waals surface area contributed by atoms with Gasteiger partial charge >= 0.3 is 0 Å². The van der Waals surface area contributed by atoms with Gasteiger partial charge in [0.05, 0.1) is 6.54 Å². The molecule has 1 aliphatic rings. The molecule has 1 fully saturated rings. The molecule has 1 aromatic carbocycles. The number of hydrogen-bond acceptors (Lipinski definition) is 2. The summed E-state index contributed by atoms with van der Waals surface area (Å²) in [5.74, 6) is 0.346. The first-order chi connectivity index (χ1) is 7.09. The molecule has 0 radical (unpaired) electrons. The standard InChI is InChI=1S/C13H17NO/c1-13(2)9-8-12(15)10-14(13)11-6-4-3-5-7-11/h3-7H,8-10H2,1-2H3. The van der Waals surface area contributed by atoms with Crippen LogP contribution in [0.3, 0.4) is 0 Å². The minimum Gasteiger partial charge on any atom is -0.359 e. The Balaban J connectivity index is 2.29. The lowest BCUT2D eigenvalue weighted by Crippen LogP contribution is -2.50. The average molecular weight is 203 g/mol. The zero-order valence-corrected chi connectivity index (χ0v) is 9.36. The molecule has 2 heteroatoms. The molecule has 15 heavy (non-hydrogen) atoms. The number of hydrogen-bond donors (Lipinski definition) is 0. The summed E-state index contributed by atoms with van der Waals surface area (Å²) in [5.41, 5.74) is 1.24. The molecule has 0 bridgehead atoms. The highest BCUT2D eigenvalue weighted by atomic mass is 16.1. The molecule has 0 amide bonds. The van der Waals surface area contributed by atoms with E-state index in [1.807, 2.05) is 18.2 Å². The summed E-state index contributed by atoms with van der Waals surface area (Å²) in [6.45, 7) is 4.95. The molecule has 2 nitrogen and oxygen atoms in total. The number of carbonyl (C=O) groups excluding carboxylic acids is 1. The van der Waals surface area contributed by atoms with Crippen molar-refractivity contribution in [2.24, 2.45) is 0 Å². The summed E-state index contributed by atoms with van der Waals surface area (Å²) in [7, 11) is 0. The number of Topliss-reactive ketones (excluding diaryl/α,β-unsaturated/α-hetero) is 1. The highest BCUT2D eigenvalue weighted by Gasteiger charge is 2.33. The van der Waals surface area contributed by atoms with Crippen LogP contribution in [0.5, 0.6) is 0 Å². The summed E-state index contributed by atoms with van der Waals surface area (Å²) < 4.78 is 0.